The predicted octanol–water partition coefficient (Wildman–Crippen LogP) is 0.0676. The van der Waals surface area contributed by atoms with Gasteiger partial charge < -0.3 is 20.1 Å². The van der Waals surface area contributed by atoms with E-state index in [-0.39, 0.29) is 12.6 Å². The van der Waals surface area contributed by atoms with Crippen molar-refractivity contribution in [1.29, 1.82) is 0 Å². The highest BCUT2D eigenvalue weighted by atomic mass is 16.5. The molecule has 1 aliphatic heterocycles. The van der Waals surface area contributed by atoms with Crippen LogP contribution in [0, 0.1) is 0 Å². The van der Waals surface area contributed by atoms with Gasteiger partial charge >= 0.3 is 0 Å². The molecular weight excluding hydrogens is 192 g/mol. The van der Waals surface area contributed by atoms with Crippen LogP contribution >= 0.6 is 0 Å². The third-order valence-electron chi connectivity index (χ3n) is 2.96. The summed E-state index contributed by atoms with van der Waals surface area (Å²) in [6.45, 7) is 6.40. The molecule has 1 aliphatic rings. The molecule has 0 saturated carbocycles. The number of nitrogens with one attached hydrogen (secondary N) is 1. The molecule has 2 N–H and O–H groups in total. The smallest absolute Gasteiger partial charge is 0.0673 e. The summed E-state index contributed by atoms with van der Waals surface area (Å²) < 4.78 is 5.59. The third kappa shape index (κ3) is 4.93. The normalized spacial score (nSPS) is 26.2. The molecule has 1 fully saturated rings. The minimum atomic E-state index is 0.219. The summed E-state index contributed by atoms with van der Waals surface area (Å²) >= 11 is 0. The van der Waals surface area contributed by atoms with E-state index in [4.69, 9.17) is 9.84 Å². The van der Waals surface area contributed by atoms with Gasteiger partial charge in [-0.3, -0.25) is 0 Å². The molecular formula is C11H24N2O2. The van der Waals surface area contributed by atoms with Gasteiger partial charge in [0.15, 0.2) is 0 Å². The quantitative estimate of drug-likeness (QED) is 0.682. The van der Waals surface area contributed by atoms with E-state index in [0.29, 0.717) is 6.10 Å². The van der Waals surface area contributed by atoms with Gasteiger partial charge in [0, 0.05) is 25.7 Å². The average molecular weight is 216 g/mol. The fourth-order valence-corrected chi connectivity index (χ4v) is 1.95. The van der Waals surface area contributed by atoms with Gasteiger partial charge in [-0.15, -0.1) is 0 Å². The summed E-state index contributed by atoms with van der Waals surface area (Å²) in [6.07, 6.45) is 2.46. The predicted molar refractivity (Wildman–Crippen MR) is 61.0 cm³/mol. The molecule has 15 heavy (non-hydrogen) atoms. The molecule has 4 heteroatoms. The highest BCUT2D eigenvalue weighted by molar-refractivity contribution is 4.70. The molecule has 2 unspecified atom stereocenters. The number of ether oxygens (including phenoxy) is 1. The monoisotopic (exact) mass is 216 g/mol. The maximum absolute atomic E-state index is 9.06. The first kappa shape index (κ1) is 12.9. The number of hydrogen-bond donors (Lipinski definition) is 2. The zero-order valence-corrected chi connectivity index (χ0v) is 9.91. The minimum Gasteiger partial charge on any atom is -0.395 e. The van der Waals surface area contributed by atoms with E-state index >= 15 is 0 Å². The molecule has 0 aromatic rings. The summed E-state index contributed by atoms with van der Waals surface area (Å²) in [5.41, 5.74) is 0. The van der Waals surface area contributed by atoms with Crippen molar-refractivity contribution in [2.45, 2.75) is 31.9 Å². The van der Waals surface area contributed by atoms with Crippen LogP contribution in [0.4, 0.5) is 0 Å². The van der Waals surface area contributed by atoms with Crippen molar-refractivity contribution in [2.24, 2.45) is 0 Å². The van der Waals surface area contributed by atoms with E-state index in [1.807, 2.05) is 7.05 Å². The van der Waals surface area contributed by atoms with E-state index in [1.165, 1.54) is 0 Å². The van der Waals surface area contributed by atoms with Crippen LogP contribution in [-0.2, 0) is 4.74 Å². The maximum Gasteiger partial charge on any atom is 0.0673 e. The molecule has 0 bridgehead atoms. The van der Waals surface area contributed by atoms with Crippen molar-refractivity contribution >= 4 is 0 Å². The molecule has 0 radical (unpaired) electrons. The zero-order valence-electron chi connectivity index (χ0n) is 9.91. The number of nitrogens with zero attached hydrogens (tertiary/aromatic N) is 1. The minimum absolute atomic E-state index is 0.219. The van der Waals surface area contributed by atoms with E-state index in [1.54, 1.807) is 0 Å². The lowest BCUT2D eigenvalue weighted by Gasteiger charge is -2.23. The highest BCUT2D eigenvalue weighted by Gasteiger charge is 2.15. The maximum atomic E-state index is 9.06. The molecule has 0 amide bonds. The fraction of sp³-hybridized carbons (Fsp3) is 1.00. The summed E-state index contributed by atoms with van der Waals surface area (Å²) in [6, 6.07) is 0.226. The Labute approximate surface area is 92.6 Å². The number of rotatable bonds is 5. The van der Waals surface area contributed by atoms with Gasteiger partial charge in [-0.1, -0.05) is 0 Å². The molecule has 4 nitrogen and oxygen atoms in total. The molecule has 0 spiro atoms. The first-order valence-electron chi connectivity index (χ1n) is 5.88. The molecule has 1 heterocycles. The lowest BCUT2D eigenvalue weighted by molar-refractivity contribution is 0.0669. The van der Waals surface area contributed by atoms with Crippen LogP contribution in [0.25, 0.3) is 0 Å². The largest absolute Gasteiger partial charge is 0.395 e. The molecule has 0 aromatic carbocycles. The lowest BCUT2D eigenvalue weighted by atomic mass is 10.2. The number of likely N-dealkylation sites (N-methyl/N-ethyl adjacent to an activating group) is 1. The Balaban J connectivity index is 2.23. The Morgan fingerprint density at radius 1 is 1.60 bits per heavy atom. The molecule has 2 atom stereocenters. The molecule has 1 rings (SSSR count). The zero-order chi connectivity index (χ0) is 11.1. The van der Waals surface area contributed by atoms with E-state index in [2.05, 4.69) is 17.1 Å². The second kappa shape index (κ2) is 7.17. The third-order valence-corrected chi connectivity index (χ3v) is 2.96. The van der Waals surface area contributed by atoms with Crippen molar-refractivity contribution < 1.29 is 9.84 Å². The van der Waals surface area contributed by atoms with Crippen LogP contribution < -0.4 is 5.32 Å². The van der Waals surface area contributed by atoms with Crippen LogP contribution in [-0.4, -0.2) is 62.0 Å². The molecule has 1 saturated heterocycles. The van der Waals surface area contributed by atoms with Gasteiger partial charge in [0.1, 0.15) is 0 Å². The molecule has 0 aromatic heterocycles. The Hall–Kier alpha value is -0.160. The van der Waals surface area contributed by atoms with Crippen LogP contribution in [0.2, 0.25) is 0 Å². The topological polar surface area (TPSA) is 44.7 Å². The molecule has 90 valence electrons. The number of aliphatic hydroxyl groups is 1. The van der Waals surface area contributed by atoms with Gasteiger partial charge in [-0.05, 0) is 33.4 Å². The van der Waals surface area contributed by atoms with Crippen molar-refractivity contribution in [3.05, 3.63) is 0 Å². The Morgan fingerprint density at radius 3 is 3.07 bits per heavy atom. The van der Waals surface area contributed by atoms with Gasteiger partial charge in [-0.25, -0.2) is 0 Å². The summed E-state index contributed by atoms with van der Waals surface area (Å²) in [5, 5.41) is 12.2. The first-order chi connectivity index (χ1) is 7.26. The van der Waals surface area contributed by atoms with Gasteiger partial charge in [0.05, 0.1) is 12.7 Å². The Kier molecular flexibility index (Phi) is 6.17. The van der Waals surface area contributed by atoms with E-state index in [0.717, 1.165) is 39.1 Å². The van der Waals surface area contributed by atoms with Crippen LogP contribution in [0.5, 0.6) is 0 Å². The average Bonchev–Trinajstić information content (AvgIpc) is 2.44. The number of hydrogen-bond acceptors (Lipinski definition) is 4. The second-order valence-electron chi connectivity index (χ2n) is 4.29. The standard InChI is InChI=1S/C11H24N2O2/c1-10-8-13(5-3-7-15-10)6-4-11(9-14)12-2/h10-12,14H,3-9H2,1-2H3. The summed E-state index contributed by atoms with van der Waals surface area (Å²) in [7, 11) is 1.90. The fourth-order valence-electron chi connectivity index (χ4n) is 1.95. The highest BCUT2D eigenvalue weighted by Crippen LogP contribution is 2.06. The van der Waals surface area contributed by atoms with Crippen molar-refractivity contribution in [1.82, 2.24) is 10.2 Å². The van der Waals surface area contributed by atoms with E-state index < -0.39 is 0 Å². The summed E-state index contributed by atoms with van der Waals surface area (Å²) in [4.78, 5) is 2.43. The van der Waals surface area contributed by atoms with Crippen LogP contribution in [0.15, 0.2) is 0 Å². The van der Waals surface area contributed by atoms with Crippen LogP contribution in [0.1, 0.15) is 19.8 Å². The van der Waals surface area contributed by atoms with Crippen molar-refractivity contribution in [3.8, 4) is 0 Å². The van der Waals surface area contributed by atoms with Gasteiger partial charge in [0.25, 0.3) is 0 Å². The van der Waals surface area contributed by atoms with Crippen molar-refractivity contribution in [2.75, 3.05) is 39.9 Å². The van der Waals surface area contributed by atoms with Gasteiger partial charge in [0.2, 0.25) is 0 Å². The Bertz CT molecular complexity index is 163. The lowest BCUT2D eigenvalue weighted by Crippen LogP contribution is -2.37. The molecule has 0 aliphatic carbocycles. The van der Waals surface area contributed by atoms with Gasteiger partial charge in [-0.2, -0.15) is 0 Å². The second-order valence-corrected chi connectivity index (χ2v) is 4.29. The summed E-state index contributed by atoms with van der Waals surface area (Å²) in [5.74, 6) is 0. The van der Waals surface area contributed by atoms with Crippen molar-refractivity contribution in [3.63, 3.8) is 0 Å². The number of aliphatic hydroxyl groups excluding tert-OH is 1. The van der Waals surface area contributed by atoms with Crippen LogP contribution in [0.3, 0.4) is 0 Å². The Morgan fingerprint density at radius 2 is 2.40 bits per heavy atom. The van der Waals surface area contributed by atoms with E-state index in [9.17, 15) is 0 Å². The SMILES string of the molecule is CNC(CO)CCN1CCCOC(C)C1. The first-order valence-corrected chi connectivity index (χ1v) is 5.88.